The van der Waals surface area contributed by atoms with Gasteiger partial charge < -0.3 is 14.6 Å². The van der Waals surface area contributed by atoms with Gasteiger partial charge in [0.25, 0.3) is 0 Å². The molecule has 1 atom stereocenters. The smallest absolute Gasteiger partial charge is 0.246 e. The SMILES string of the molecule is C=C(C)C(=O)NC(C)c1nc2ccccc2n1CCCCOc1ccc(Cl)cc1. The van der Waals surface area contributed by atoms with Crippen molar-refractivity contribution in [3.63, 3.8) is 0 Å². The van der Waals surface area contributed by atoms with Gasteiger partial charge in [0, 0.05) is 17.1 Å². The molecule has 0 saturated heterocycles. The number of para-hydroxylation sites is 2. The number of amides is 1. The highest BCUT2D eigenvalue weighted by molar-refractivity contribution is 6.30. The molecule has 0 spiro atoms. The number of unbranched alkanes of at least 4 members (excludes halogenated alkanes) is 1. The van der Waals surface area contributed by atoms with Gasteiger partial charge in [-0.3, -0.25) is 4.79 Å². The Hall–Kier alpha value is -2.79. The zero-order valence-corrected chi connectivity index (χ0v) is 17.6. The zero-order valence-electron chi connectivity index (χ0n) is 16.8. The van der Waals surface area contributed by atoms with E-state index >= 15 is 0 Å². The molecule has 1 N–H and O–H groups in total. The second kappa shape index (κ2) is 9.61. The lowest BCUT2D eigenvalue weighted by Crippen LogP contribution is -2.29. The number of hydrogen-bond acceptors (Lipinski definition) is 3. The van der Waals surface area contributed by atoms with Gasteiger partial charge in [-0.1, -0.05) is 30.3 Å². The highest BCUT2D eigenvalue weighted by Crippen LogP contribution is 2.22. The van der Waals surface area contributed by atoms with Crippen LogP contribution >= 0.6 is 11.6 Å². The first kappa shape index (κ1) is 20.9. The van der Waals surface area contributed by atoms with Crippen molar-refractivity contribution < 1.29 is 9.53 Å². The molecule has 1 unspecified atom stereocenters. The molecule has 0 radical (unpaired) electrons. The first-order valence-corrected chi connectivity index (χ1v) is 10.1. The molecular weight excluding hydrogens is 386 g/mol. The predicted molar refractivity (Wildman–Crippen MR) is 117 cm³/mol. The van der Waals surface area contributed by atoms with Crippen molar-refractivity contribution in [3.8, 4) is 5.75 Å². The van der Waals surface area contributed by atoms with Crippen LogP contribution in [0.1, 0.15) is 38.6 Å². The fraction of sp³-hybridized carbons (Fsp3) is 0.304. The van der Waals surface area contributed by atoms with Crippen LogP contribution in [-0.4, -0.2) is 22.1 Å². The molecular formula is C23H26ClN3O2. The average molecular weight is 412 g/mol. The van der Waals surface area contributed by atoms with E-state index in [2.05, 4.69) is 22.5 Å². The van der Waals surface area contributed by atoms with Crippen molar-refractivity contribution >= 4 is 28.5 Å². The van der Waals surface area contributed by atoms with E-state index in [1.165, 1.54) is 0 Å². The highest BCUT2D eigenvalue weighted by Gasteiger charge is 2.18. The second-order valence-corrected chi connectivity index (χ2v) is 7.53. The zero-order chi connectivity index (χ0) is 20.8. The molecule has 2 aromatic carbocycles. The molecule has 6 heteroatoms. The Morgan fingerprint density at radius 3 is 2.66 bits per heavy atom. The summed E-state index contributed by atoms with van der Waals surface area (Å²) in [6, 6.07) is 15.2. The van der Waals surface area contributed by atoms with Crippen LogP contribution in [0.15, 0.2) is 60.7 Å². The number of nitrogens with zero attached hydrogens (tertiary/aromatic N) is 2. The molecule has 0 aliphatic rings. The van der Waals surface area contributed by atoms with Gasteiger partial charge in [-0.05, 0) is 63.1 Å². The molecule has 0 saturated carbocycles. The highest BCUT2D eigenvalue weighted by atomic mass is 35.5. The maximum atomic E-state index is 12.0. The first-order chi connectivity index (χ1) is 14.0. The number of benzene rings is 2. The minimum absolute atomic E-state index is 0.160. The van der Waals surface area contributed by atoms with E-state index < -0.39 is 0 Å². The van der Waals surface area contributed by atoms with Crippen molar-refractivity contribution in [1.29, 1.82) is 0 Å². The Balaban J connectivity index is 1.64. The lowest BCUT2D eigenvalue weighted by molar-refractivity contribution is -0.118. The fourth-order valence-electron chi connectivity index (χ4n) is 3.14. The normalized spacial score (nSPS) is 12.0. The van der Waals surface area contributed by atoms with Crippen molar-refractivity contribution in [3.05, 3.63) is 71.5 Å². The number of nitrogens with one attached hydrogen (secondary N) is 1. The summed E-state index contributed by atoms with van der Waals surface area (Å²) < 4.78 is 7.96. The van der Waals surface area contributed by atoms with E-state index in [1.54, 1.807) is 6.92 Å². The second-order valence-electron chi connectivity index (χ2n) is 7.10. The maximum Gasteiger partial charge on any atom is 0.246 e. The quantitative estimate of drug-likeness (QED) is 0.384. The number of rotatable bonds is 9. The molecule has 1 amide bonds. The van der Waals surface area contributed by atoms with Crippen molar-refractivity contribution in [2.24, 2.45) is 0 Å². The summed E-state index contributed by atoms with van der Waals surface area (Å²) in [5, 5.41) is 3.67. The largest absolute Gasteiger partial charge is 0.494 e. The van der Waals surface area contributed by atoms with E-state index in [0.29, 0.717) is 17.2 Å². The van der Waals surface area contributed by atoms with E-state index in [4.69, 9.17) is 21.3 Å². The van der Waals surface area contributed by atoms with Gasteiger partial charge in [-0.2, -0.15) is 0 Å². The standard InChI is InChI=1S/C23H26ClN3O2/c1-16(2)23(28)25-17(3)22-26-20-8-4-5-9-21(20)27(22)14-6-7-15-29-19-12-10-18(24)11-13-19/h4-5,8-13,17H,1,6-7,14-15H2,2-3H3,(H,25,28). The molecule has 29 heavy (non-hydrogen) atoms. The van der Waals surface area contributed by atoms with Crippen molar-refractivity contribution in [1.82, 2.24) is 14.9 Å². The summed E-state index contributed by atoms with van der Waals surface area (Å²) in [4.78, 5) is 16.8. The molecule has 0 fully saturated rings. The summed E-state index contributed by atoms with van der Waals surface area (Å²) in [6.45, 7) is 8.78. The lowest BCUT2D eigenvalue weighted by Gasteiger charge is -2.16. The van der Waals surface area contributed by atoms with Gasteiger partial charge in [0.05, 0.1) is 23.7 Å². The van der Waals surface area contributed by atoms with Gasteiger partial charge in [0.2, 0.25) is 5.91 Å². The molecule has 0 bridgehead atoms. The molecule has 152 valence electrons. The van der Waals surface area contributed by atoms with Crippen LogP contribution in [0.25, 0.3) is 11.0 Å². The van der Waals surface area contributed by atoms with Crippen molar-refractivity contribution in [2.75, 3.05) is 6.61 Å². The Kier molecular flexibility index (Phi) is 6.94. The van der Waals surface area contributed by atoms with Gasteiger partial charge in [0.15, 0.2) is 0 Å². The van der Waals surface area contributed by atoms with E-state index in [0.717, 1.165) is 42.0 Å². The van der Waals surface area contributed by atoms with Gasteiger partial charge in [-0.25, -0.2) is 4.98 Å². The van der Waals surface area contributed by atoms with Crippen LogP contribution < -0.4 is 10.1 Å². The third kappa shape index (κ3) is 5.39. The number of fused-ring (bicyclic) bond motifs is 1. The predicted octanol–water partition coefficient (Wildman–Crippen LogP) is 5.30. The minimum Gasteiger partial charge on any atom is -0.494 e. The summed E-state index contributed by atoms with van der Waals surface area (Å²) in [5.41, 5.74) is 2.48. The molecule has 5 nitrogen and oxygen atoms in total. The number of ether oxygens (including phenoxy) is 1. The topological polar surface area (TPSA) is 56.2 Å². The molecule has 3 rings (SSSR count). The van der Waals surface area contributed by atoms with Crippen LogP contribution in [0, 0.1) is 0 Å². The number of imidazole rings is 1. The van der Waals surface area contributed by atoms with Crippen LogP contribution in [0.3, 0.4) is 0 Å². The third-order valence-electron chi connectivity index (χ3n) is 4.67. The summed E-state index contributed by atoms with van der Waals surface area (Å²) >= 11 is 5.89. The van der Waals surface area contributed by atoms with Gasteiger partial charge >= 0.3 is 0 Å². The van der Waals surface area contributed by atoms with Gasteiger partial charge in [-0.15, -0.1) is 0 Å². The van der Waals surface area contributed by atoms with Gasteiger partial charge in [0.1, 0.15) is 11.6 Å². The van der Waals surface area contributed by atoms with Crippen LogP contribution in [0.4, 0.5) is 0 Å². The minimum atomic E-state index is -0.211. The Labute approximate surface area is 176 Å². The van der Waals surface area contributed by atoms with E-state index in [-0.39, 0.29) is 11.9 Å². The number of carbonyl (C=O) groups excluding carboxylic acids is 1. The molecule has 0 aliphatic carbocycles. The number of halogens is 1. The molecule has 3 aromatic rings. The first-order valence-electron chi connectivity index (χ1n) is 9.75. The summed E-state index contributed by atoms with van der Waals surface area (Å²) in [6.07, 6.45) is 1.84. The van der Waals surface area contributed by atoms with Crippen LogP contribution in [0.5, 0.6) is 5.75 Å². The third-order valence-corrected chi connectivity index (χ3v) is 4.92. The number of aryl methyl sites for hydroxylation is 1. The maximum absolute atomic E-state index is 12.0. The number of aromatic nitrogens is 2. The van der Waals surface area contributed by atoms with Crippen LogP contribution in [-0.2, 0) is 11.3 Å². The van der Waals surface area contributed by atoms with E-state index in [9.17, 15) is 4.79 Å². The van der Waals surface area contributed by atoms with Crippen molar-refractivity contribution in [2.45, 2.75) is 39.3 Å². The average Bonchev–Trinajstić information content (AvgIpc) is 3.08. The van der Waals surface area contributed by atoms with Crippen LogP contribution in [0.2, 0.25) is 5.02 Å². The lowest BCUT2D eigenvalue weighted by atomic mass is 10.2. The number of hydrogen-bond donors (Lipinski definition) is 1. The monoisotopic (exact) mass is 411 g/mol. The Morgan fingerprint density at radius 1 is 1.21 bits per heavy atom. The fourth-order valence-corrected chi connectivity index (χ4v) is 3.26. The number of carbonyl (C=O) groups is 1. The Morgan fingerprint density at radius 2 is 1.93 bits per heavy atom. The summed E-state index contributed by atoms with van der Waals surface area (Å²) in [5.74, 6) is 1.51. The molecule has 1 aromatic heterocycles. The summed E-state index contributed by atoms with van der Waals surface area (Å²) in [7, 11) is 0. The molecule has 1 heterocycles. The van der Waals surface area contributed by atoms with E-state index in [1.807, 2.05) is 49.4 Å². The Bertz CT molecular complexity index is 995. The molecule has 0 aliphatic heterocycles.